The van der Waals surface area contributed by atoms with Crippen LogP contribution in [0.15, 0.2) is 53.3 Å². The molecular weight excluding hydrogens is 384 g/mol. The molecule has 0 aliphatic heterocycles. The molecule has 7 heteroatoms. The van der Waals surface area contributed by atoms with Crippen LogP contribution in [0.1, 0.15) is 10.4 Å². The van der Waals surface area contributed by atoms with Gasteiger partial charge in [0, 0.05) is 30.3 Å². The summed E-state index contributed by atoms with van der Waals surface area (Å²) in [5.74, 6) is -0.296. The third kappa shape index (κ3) is 3.88. The molecule has 6 nitrogen and oxygen atoms in total. The minimum absolute atomic E-state index is 0.0704. The lowest BCUT2D eigenvalue weighted by atomic mass is 10.0. The van der Waals surface area contributed by atoms with Crippen LogP contribution in [0.4, 0.5) is 5.69 Å². The highest BCUT2D eigenvalue weighted by atomic mass is 79.9. The Hall–Kier alpha value is -2.67. The first kappa shape index (κ1) is 17.2. The van der Waals surface area contributed by atoms with E-state index in [9.17, 15) is 9.59 Å². The standard InChI is InChI=1S/C18H17BrN4O2/c1-22(2)17(24)11-23-10-14(9-20-23)21-18(25)16-8-13(19)7-12-5-3-4-6-15(12)16/h3-10H,11H2,1-2H3,(H,21,25). The Bertz CT molecular complexity index is 949. The lowest BCUT2D eigenvalue weighted by Gasteiger charge is -2.09. The van der Waals surface area contributed by atoms with Crippen molar-refractivity contribution in [2.24, 2.45) is 0 Å². The molecule has 2 amide bonds. The largest absolute Gasteiger partial charge is 0.347 e. The highest BCUT2D eigenvalue weighted by molar-refractivity contribution is 9.10. The second kappa shape index (κ2) is 7.06. The Morgan fingerprint density at radius 1 is 1.24 bits per heavy atom. The van der Waals surface area contributed by atoms with Crippen molar-refractivity contribution in [3.8, 4) is 0 Å². The highest BCUT2D eigenvalue weighted by Crippen LogP contribution is 2.25. The van der Waals surface area contributed by atoms with Crippen LogP contribution in [-0.4, -0.2) is 40.6 Å². The Labute approximate surface area is 153 Å². The predicted molar refractivity (Wildman–Crippen MR) is 101 cm³/mol. The van der Waals surface area contributed by atoms with Crippen molar-refractivity contribution >= 4 is 44.2 Å². The monoisotopic (exact) mass is 400 g/mol. The van der Waals surface area contributed by atoms with Crippen molar-refractivity contribution in [1.29, 1.82) is 0 Å². The van der Waals surface area contributed by atoms with Gasteiger partial charge >= 0.3 is 0 Å². The van der Waals surface area contributed by atoms with Crippen molar-refractivity contribution in [3.63, 3.8) is 0 Å². The fourth-order valence-electron chi connectivity index (χ4n) is 2.45. The average Bonchev–Trinajstić information content (AvgIpc) is 3.00. The van der Waals surface area contributed by atoms with Crippen LogP contribution in [0.5, 0.6) is 0 Å². The van der Waals surface area contributed by atoms with E-state index in [0.29, 0.717) is 11.3 Å². The summed E-state index contributed by atoms with van der Waals surface area (Å²) in [7, 11) is 3.37. The molecule has 2 aromatic carbocycles. The molecule has 1 heterocycles. The Balaban J connectivity index is 1.82. The zero-order valence-corrected chi connectivity index (χ0v) is 15.4. The van der Waals surface area contributed by atoms with E-state index >= 15 is 0 Å². The maximum Gasteiger partial charge on any atom is 0.256 e. The first-order valence-electron chi connectivity index (χ1n) is 7.66. The van der Waals surface area contributed by atoms with Crippen molar-refractivity contribution in [1.82, 2.24) is 14.7 Å². The minimum atomic E-state index is -0.226. The van der Waals surface area contributed by atoms with Crippen molar-refractivity contribution in [3.05, 3.63) is 58.8 Å². The Morgan fingerprint density at radius 3 is 2.76 bits per heavy atom. The van der Waals surface area contributed by atoms with E-state index < -0.39 is 0 Å². The van der Waals surface area contributed by atoms with E-state index in [0.717, 1.165) is 15.2 Å². The molecule has 0 saturated carbocycles. The van der Waals surface area contributed by atoms with E-state index in [1.54, 1.807) is 26.4 Å². The second-order valence-electron chi connectivity index (χ2n) is 5.84. The molecule has 1 aromatic heterocycles. The second-order valence-corrected chi connectivity index (χ2v) is 6.76. The normalized spacial score (nSPS) is 10.7. The number of hydrogen-bond acceptors (Lipinski definition) is 3. The van der Waals surface area contributed by atoms with Gasteiger partial charge in [0.25, 0.3) is 5.91 Å². The molecule has 0 spiro atoms. The van der Waals surface area contributed by atoms with Gasteiger partial charge in [-0.2, -0.15) is 5.10 Å². The summed E-state index contributed by atoms with van der Waals surface area (Å²) in [4.78, 5) is 25.9. The molecule has 25 heavy (non-hydrogen) atoms. The number of carbonyl (C=O) groups excluding carboxylic acids is 2. The van der Waals surface area contributed by atoms with E-state index in [4.69, 9.17) is 0 Å². The van der Waals surface area contributed by atoms with E-state index in [1.807, 2.05) is 30.3 Å². The number of rotatable bonds is 4. The van der Waals surface area contributed by atoms with Gasteiger partial charge in [0.1, 0.15) is 6.54 Å². The third-order valence-electron chi connectivity index (χ3n) is 3.76. The average molecular weight is 401 g/mol. The predicted octanol–water partition coefficient (Wildman–Crippen LogP) is 3.14. The summed E-state index contributed by atoms with van der Waals surface area (Å²) in [6, 6.07) is 11.5. The molecule has 0 aliphatic rings. The number of halogens is 1. The molecule has 0 radical (unpaired) electrons. The molecular formula is C18H17BrN4O2. The molecule has 128 valence electrons. The van der Waals surface area contributed by atoms with Crippen LogP contribution in [-0.2, 0) is 11.3 Å². The SMILES string of the molecule is CN(C)C(=O)Cn1cc(NC(=O)c2cc(Br)cc3ccccc23)cn1. The number of amides is 2. The summed E-state index contributed by atoms with van der Waals surface area (Å²) in [6.45, 7) is 0.128. The maximum atomic E-state index is 12.7. The Kier molecular flexibility index (Phi) is 4.85. The molecule has 3 rings (SSSR count). The third-order valence-corrected chi connectivity index (χ3v) is 4.22. The van der Waals surface area contributed by atoms with Crippen molar-refractivity contribution in [2.75, 3.05) is 19.4 Å². The minimum Gasteiger partial charge on any atom is -0.347 e. The lowest BCUT2D eigenvalue weighted by Crippen LogP contribution is -2.26. The molecule has 0 fully saturated rings. The summed E-state index contributed by atoms with van der Waals surface area (Å²) in [6.07, 6.45) is 3.17. The number of nitrogens with one attached hydrogen (secondary N) is 1. The van der Waals surface area contributed by atoms with Gasteiger partial charge in [-0.15, -0.1) is 0 Å². The summed E-state index contributed by atoms with van der Waals surface area (Å²) in [5, 5.41) is 8.80. The van der Waals surface area contributed by atoms with Crippen LogP contribution in [0.2, 0.25) is 0 Å². The summed E-state index contributed by atoms with van der Waals surface area (Å²) >= 11 is 3.44. The summed E-state index contributed by atoms with van der Waals surface area (Å²) < 4.78 is 2.33. The van der Waals surface area contributed by atoms with E-state index in [2.05, 4.69) is 26.3 Å². The van der Waals surface area contributed by atoms with E-state index in [1.165, 1.54) is 15.8 Å². The number of likely N-dealkylation sites (N-methyl/N-ethyl adjacent to an activating group) is 1. The van der Waals surface area contributed by atoms with Crippen LogP contribution in [0, 0.1) is 0 Å². The number of fused-ring (bicyclic) bond motifs is 1. The zero-order chi connectivity index (χ0) is 18.0. The molecule has 0 unspecified atom stereocenters. The molecule has 0 bridgehead atoms. The van der Waals surface area contributed by atoms with Crippen molar-refractivity contribution < 1.29 is 9.59 Å². The first-order chi connectivity index (χ1) is 11.9. The number of nitrogens with zero attached hydrogens (tertiary/aromatic N) is 3. The van der Waals surface area contributed by atoms with Gasteiger partial charge in [-0.1, -0.05) is 40.2 Å². The van der Waals surface area contributed by atoms with E-state index in [-0.39, 0.29) is 18.4 Å². The van der Waals surface area contributed by atoms with Gasteiger partial charge in [-0.25, -0.2) is 0 Å². The zero-order valence-electron chi connectivity index (χ0n) is 13.9. The Morgan fingerprint density at radius 2 is 2.00 bits per heavy atom. The van der Waals surface area contributed by atoms with Crippen LogP contribution in [0.25, 0.3) is 10.8 Å². The van der Waals surface area contributed by atoms with Gasteiger partial charge in [-0.3, -0.25) is 14.3 Å². The smallest absolute Gasteiger partial charge is 0.256 e. The number of carbonyl (C=O) groups is 2. The lowest BCUT2D eigenvalue weighted by molar-refractivity contribution is -0.129. The number of benzene rings is 2. The maximum absolute atomic E-state index is 12.7. The van der Waals surface area contributed by atoms with Gasteiger partial charge < -0.3 is 10.2 Å². The fourth-order valence-corrected chi connectivity index (χ4v) is 2.93. The molecule has 0 atom stereocenters. The molecule has 0 saturated heterocycles. The van der Waals surface area contributed by atoms with Crippen LogP contribution >= 0.6 is 15.9 Å². The van der Waals surface area contributed by atoms with Gasteiger partial charge in [0.15, 0.2) is 0 Å². The number of hydrogen-bond donors (Lipinski definition) is 1. The highest BCUT2D eigenvalue weighted by Gasteiger charge is 2.13. The van der Waals surface area contributed by atoms with Gasteiger partial charge in [0.05, 0.1) is 11.9 Å². The topological polar surface area (TPSA) is 67.2 Å². The summed E-state index contributed by atoms with van der Waals surface area (Å²) in [5.41, 5.74) is 1.11. The van der Waals surface area contributed by atoms with Crippen molar-refractivity contribution in [2.45, 2.75) is 6.54 Å². The first-order valence-corrected chi connectivity index (χ1v) is 8.45. The molecule has 1 N–H and O–H groups in total. The van der Waals surface area contributed by atoms with Crippen LogP contribution in [0.3, 0.4) is 0 Å². The van der Waals surface area contributed by atoms with Gasteiger partial charge in [0.2, 0.25) is 5.91 Å². The fraction of sp³-hybridized carbons (Fsp3) is 0.167. The number of anilines is 1. The molecule has 0 aliphatic carbocycles. The van der Waals surface area contributed by atoms with Gasteiger partial charge in [-0.05, 0) is 22.9 Å². The molecule has 3 aromatic rings. The number of aromatic nitrogens is 2. The van der Waals surface area contributed by atoms with Crippen LogP contribution < -0.4 is 5.32 Å². The quantitative estimate of drug-likeness (QED) is 0.731.